The normalized spacial score (nSPS) is 6.17. The Balaban J connectivity index is -0.0000000800. The fourth-order valence-corrected chi connectivity index (χ4v) is 0.807. The molecule has 74 valence electrons. The van der Waals surface area contributed by atoms with Crippen molar-refractivity contribution < 1.29 is 0 Å². The van der Waals surface area contributed by atoms with Crippen molar-refractivity contribution in [1.82, 2.24) is 0 Å². The molecule has 4 heteroatoms. The summed E-state index contributed by atoms with van der Waals surface area (Å²) in [5.74, 6) is 0. The van der Waals surface area contributed by atoms with E-state index in [2.05, 4.69) is 38.1 Å². The minimum absolute atomic E-state index is 0. The summed E-state index contributed by atoms with van der Waals surface area (Å²) in [5.41, 5.74) is 2.68. The van der Waals surface area contributed by atoms with Crippen LogP contribution in [0, 0.1) is 13.8 Å². The summed E-state index contributed by atoms with van der Waals surface area (Å²) in [7, 11) is 0. The number of aryl methyl sites for hydroxylation is 2. The predicted molar refractivity (Wildman–Crippen MR) is 77.2 cm³/mol. The fourth-order valence-electron chi connectivity index (χ4n) is 0.807. The first kappa shape index (κ1) is 23.2. The van der Waals surface area contributed by atoms with Gasteiger partial charge >= 0.3 is 0 Å². The van der Waals surface area contributed by atoms with Crippen molar-refractivity contribution in [3.8, 4) is 0 Å². The van der Waals surface area contributed by atoms with Crippen LogP contribution in [0.15, 0.2) is 24.3 Å². The van der Waals surface area contributed by atoms with E-state index in [0.717, 1.165) is 0 Å². The standard InChI is InChI=1S/C8H10.4BrH/c1-7-4-3-5-8(2)6-7;;;;/h3-6H,1-2H3;4*1H. The van der Waals surface area contributed by atoms with Crippen LogP contribution in [-0.2, 0) is 0 Å². The van der Waals surface area contributed by atoms with Gasteiger partial charge in [0.1, 0.15) is 0 Å². The second-order valence-electron chi connectivity index (χ2n) is 2.16. The highest BCUT2D eigenvalue weighted by atomic mass is 79.9. The number of halogens is 4. The SMILES string of the molecule is Br.Br.Br.Br.Cc1cccc(C)c1. The molecule has 0 N–H and O–H groups in total. The molecule has 0 saturated carbocycles. The molecule has 0 aromatic heterocycles. The van der Waals surface area contributed by atoms with Gasteiger partial charge in [0.2, 0.25) is 0 Å². The van der Waals surface area contributed by atoms with E-state index in [0.29, 0.717) is 0 Å². The van der Waals surface area contributed by atoms with Gasteiger partial charge in [-0.2, -0.15) is 0 Å². The van der Waals surface area contributed by atoms with E-state index >= 15 is 0 Å². The fraction of sp³-hybridized carbons (Fsp3) is 0.250. The molecule has 12 heavy (non-hydrogen) atoms. The Morgan fingerprint density at radius 2 is 1.08 bits per heavy atom. The molecule has 1 rings (SSSR count). The molecule has 0 nitrogen and oxygen atoms in total. The zero-order chi connectivity index (χ0) is 5.98. The zero-order valence-electron chi connectivity index (χ0n) is 6.94. The van der Waals surface area contributed by atoms with Gasteiger partial charge in [-0.1, -0.05) is 35.4 Å². The van der Waals surface area contributed by atoms with Gasteiger partial charge in [0.25, 0.3) is 0 Å². The average molecular weight is 430 g/mol. The molecule has 0 bridgehead atoms. The van der Waals surface area contributed by atoms with Crippen molar-refractivity contribution in [1.29, 1.82) is 0 Å². The predicted octanol–water partition coefficient (Wildman–Crippen LogP) is 4.62. The highest BCUT2D eigenvalue weighted by molar-refractivity contribution is 8.93. The molecular formula is C8H14Br4. The smallest absolute Gasteiger partial charge is 0.0398 e. The molecule has 0 fully saturated rings. The van der Waals surface area contributed by atoms with Crippen LogP contribution in [-0.4, -0.2) is 0 Å². The minimum Gasteiger partial charge on any atom is -0.114 e. The van der Waals surface area contributed by atoms with Crippen molar-refractivity contribution in [3.63, 3.8) is 0 Å². The van der Waals surface area contributed by atoms with E-state index < -0.39 is 0 Å². The lowest BCUT2D eigenvalue weighted by molar-refractivity contribution is 1.39. The van der Waals surface area contributed by atoms with Gasteiger partial charge in [-0.25, -0.2) is 0 Å². The Hall–Kier alpha value is 1.14. The van der Waals surface area contributed by atoms with Gasteiger partial charge in [0, 0.05) is 0 Å². The number of hydrogen-bond acceptors (Lipinski definition) is 0. The Labute approximate surface area is 116 Å². The number of hydrogen-bond donors (Lipinski definition) is 0. The van der Waals surface area contributed by atoms with E-state index in [1.165, 1.54) is 11.1 Å². The molecule has 0 saturated heterocycles. The quantitative estimate of drug-likeness (QED) is 0.565. The summed E-state index contributed by atoms with van der Waals surface area (Å²) in [5, 5.41) is 0. The number of benzene rings is 1. The molecule has 0 aliphatic heterocycles. The summed E-state index contributed by atoms with van der Waals surface area (Å²) >= 11 is 0. The van der Waals surface area contributed by atoms with Gasteiger partial charge in [0.15, 0.2) is 0 Å². The molecular weight excluding hydrogens is 416 g/mol. The second-order valence-corrected chi connectivity index (χ2v) is 2.16. The molecule has 1 aromatic carbocycles. The maximum atomic E-state index is 2.17. The summed E-state index contributed by atoms with van der Waals surface area (Å²) in [6, 6.07) is 8.45. The lowest BCUT2D eigenvalue weighted by atomic mass is 10.2. The maximum Gasteiger partial charge on any atom is -0.0398 e. The van der Waals surface area contributed by atoms with Gasteiger partial charge in [-0.05, 0) is 13.8 Å². The first-order chi connectivity index (χ1) is 3.79. The topological polar surface area (TPSA) is 0 Å². The van der Waals surface area contributed by atoms with E-state index in [1.54, 1.807) is 0 Å². The van der Waals surface area contributed by atoms with Crippen molar-refractivity contribution in [3.05, 3.63) is 35.4 Å². The highest BCUT2D eigenvalue weighted by Crippen LogP contribution is 2.00. The molecule has 0 heterocycles. The van der Waals surface area contributed by atoms with Crippen LogP contribution in [0.4, 0.5) is 0 Å². The summed E-state index contributed by atoms with van der Waals surface area (Å²) < 4.78 is 0. The van der Waals surface area contributed by atoms with Crippen LogP contribution < -0.4 is 0 Å². The monoisotopic (exact) mass is 426 g/mol. The molecule has 0 spiro atoms. The summed E-state index contributed by atoms with van der Waals surface area (Å²) in [6.07, 6.45) is 0. The molecule has 0 unspecified atom stereocenters. The Morgan fingerprint density at radius 1 is 0.750 bits per heavy atom. The first-order valence-electron chi connectivity index (χ1n) is 2.82. The van der Waals surface area contributed by atoms with E-state index in [1.807, 2.05) is 0 Å². The average Bonchev–Trinajstić information content (AvgIpc) is 1.64. The van der Waals surface area contributed by atoms with E-state index in [-0.39, 0.29) is 67.9 Å². The van der Waals surface area contributed by atoms with Crippen LogP contribution in [0.5, 0.6) is 0 Å². The van der Waals surface area contributed by atoms with Crippen LogP contribution in [0.3, 0.4) is 0 Å². The van der Waals surface area contributed by atoms with Gasteiger partial charge in [-0.15, -0.1) is 67.9 Å². The zero-order valence-corrected chi connectivity index (χ0v) is 13.8. The Bertz CT molecular complexity index is 171. The summed E-state index contributed by atoms with van der Waals surface area (Å²) in [4.78, 5) is 0. The van der Waals surface area contributed by atoms with Gasteiger partial charge < -0.3 is 0 Å². The van der Waals surface area contributed by atoms with Crippen LogP contribution in [0.2, 0.25) is 0 Å². The largest absolute Gasteiger partial charge is 0.114 e. The third kappa shape index (κ3) is 9.23. The number of rotatable bonds is 0. The molecule has 1 aromatic rings. The maximum absolute atomic E-state index is 2.17. The van der Waals surface area contributed by atoms with Crippen LogP contribution in [0.25, 0.3) is 0 Å². The van der Waals surface area contributed by atoms with Crippen LogP contribution >= 0.6 is 67.9 Å². The lowest BCUT2D eigenvalue weighted by Gasteiger charge is -1.90. The highest BCUT2D eigenvalue weighted by Gasteiger charge is 1.80. The van der Waals surface area contributed by atoms with E-state index in [4.69, 9.17) is 0 Å². The van der Waals surface area contributed by atoms with Crippen molar-refractivity contribution in [2.45, 2.75) is 13.8 Å². The molecule has 0 aliphatic carbocycles. The van der Waals surface area contributed by atoms with E-state index in [9.17, 15) is 0 Å². The Kier molecular flexibility index (Phi) is 23.5. The third-order valence-electron chi connectivity index (χ3n) is 1.17. The van der Waals surface area contributed by atoms with Crippen molar-refractivity contribution >= 4 is 67.9 Å². The first-order valence-corrected chi connectivity index (χ1v) is 2.82. The van der Waals surface area contributed by atoms with Crippen molar-refractivity contribution in [2.24, 2.45) is 0 Å². The third-order valence-corrected chi connectivity index (χ3v) is 1.17. The molecule has 0 amide bonds. The second kappa shape index (κ2) is 12.1. The Morgan fingerprint density at radius 3 is 1.25 bits per heavy atom. The van der Waals surface area contributed by atoms with Crippen LogP contribution in [0.1, 0.15) is 11.1 Å². The molecule has 0 atom stereocenters. The van der Waals surface area contributed by atoms with Gasteiger partial charge in [0.05, 0.1) is 0 Å². The van der Waals surface area contributed by atoms with Gasteiger partial charge in [-0.3, -0.25) is 0 Å². The minimum atomic E-state index is 0. The summed E-state index contributed by atoms with van der Waals surface area (Å²) in [6.45, 7) is 4.21. The van der Waals surface area contributed by atoms with Crippen molar-refractivity contribution in [2.75, 3.05) is 0 Å². The lowest BCUT2D eigenvalue weighted by Crippen LogP contribution is -1.71. The molecule has 0 radical (unpaired) electrons. The molecule has 0 aliphatic rings.